The summed E-state index contributed by atoms with van der Waals surface area (Å²) in [4.78, 5) is 9.03. The van der Waals surface area contributed by atoms with Crippen molar-refractivity contribution < 1.29 is 14.2 Å². The van der Waals surface area contributed by atoms with Crippen LogP contribution in [0.3, 0.4) is 0 Å². The molecule has 0 spiro atoms. The molecule has 126 valence electrons. The highest BCUT2D eigenvalue weighted by molar-refractivity contribution is 5.83. The predicted molar refractivity (Wildman–Crippen MR) is 92.1 cm³/mol. The number of anilines is 2. The van der Waals surface area contributed by atoms with Crippen LogP contribution in [0.1, 0.15) is 0 Å². The fourth-order valence-electron chi connectivity index (χ4n) is 2.91. The molecule has 0 saturated heterocycles. The molecule has 2 aromatic carbocycles. The number of benzene rings is 2. The van der Waals surface area contributed by atoms with E-state index in [-0.39, 0.29) is 0 Å². The van der Waals surface area contributed by atoms with Gasteiger partial charge in [-0.2, -0.15) is 4.98 Å². The quantitative estimate of drug-likeness (QED) is 0.598. The molecule has 0 amide bonds. The molecule has 3 heterocycles. The normalized spacial score (nSPS) is 13.3. The van der Waals surface area contributed by atoms with E-state index in [9.17, 15) is 0 Å². The number of ether oxygens (including phenoxy) is 3. The zero-order valence-corrected chi connectivity index (χ0v) is 13.4. The Morgan fingerprint density at radius 2 is 1.96 bits per heavy atom. The van der Waals surface area contributed by atoms with Gasteiger partial charge in [-0.15, -0.1) is 0 Å². The van der Waals surface area contributed by atoms with Gasteiger partial charge in [-0.25, -0.2) is 9.50 Å². The van der Waals surface area contributed by atoms with Gasteiger partial charge in [0, 0.05) is 23.9 Å². The Balaban J connectivity index is 1.55. The lowest BCUT2D eigenvalue weighted by atomic mass is 10.2. The molecule has 1 aliphatic rings. The van der Waals surface area contributed by atoms with E-state index in [4.69, 9.17) is 14.2 Å². The van der Waals surface area contributed by atoms with E-state index in [1.807, 2.05) is 40.9 Å². The molecule has 0 radical (unpaired) electrons. The fraction of sp³-hybridized carbons (Fsp3) is 0.176. The standard InChI is InChI=1S/C17H15N5O3/c1-23-11-4-2-3-10(7-11)18-16-20-17-19-12-8-14-15(25-6-5-24-14)9-13(12)22(17)21-16/h2-4,7-9H,5-6H2,1H3,(H2,18,19,20,21). The summed E-state index contributed by atoms with van der Waals surface area (Å²) in [5, 5.41) is 6.42. The van der Waals surface area contributed by atoms with Crippen LogP contribution in [0.5, 0.6) is 17.2 Å². The Morgan fingerprint density at radius 1 is 1.12 bits per heavy atom. The molecular formula is C17H15N5O3. The lowest BCUT2D eigenvalue weighted by molar-refractivity contribution is 0.172. The lowest BCUT2D eigenvalue weighted by Crippen LogP contribution is -2.15. The van der Waals surface area contributed by atoms with Gasteiger partial charge >= 0.3 is 0 Å². The van der Waals surface area contributed by atoms with Gasteiger partial charge in [0.25, 0.3) is 5.78 Å². The summed E-state index contributed by atoms with van der Waals surface area (Å²) >= 11 is 0. The Kier molecular flexibility index (Phi) is 2.96. The topological polar surface area (TPSA) is 85.7 Å². The van der Waals surface area contributed by atoms with Gasteiger partial charge in [-0.05, 0) is 12.1 Å². The van der Waals surface area contributed by atoms with Crippen LogP contribution in [0.4, 0.5) is 11.6 Å². The van der Waals surface area contributed by atoms with Crippen molar-refractivity contribution in [2.45, 2.75) is 0 Å². The van der Waals surface area contributed by atoms with Gasteiger partial charge in [-0.3, -0.25) is 5.10 Å². The maximum absolute atomic E-state index is 5.65. The smallest absolute Gasteiger partial charge is 0.253 e. The van der Waals surface area contributed by atoms with Crippen molar-refractivity contribution in [2.75, 3.05) is 25.6 Å². The number of imidazole rings is 1. The van der Waals surface area contributed by atoms with Crippen molar-refractivity contribution in [3.8, 4) is 17.2 Å². The largest absolute Gasteiger partial charge is 0.497 e. The number of aromatic nitrogens is 4. The van der Waals surface area contributed by atoms with E-state index in [1.165, 1.54) is 0 Å². The first kappa shape index (κ1) is 14.0. The van der Waals surface area contributed by atoms with E-state index in [1.54, 1.807) is 7.11 Å². The van der Waals surface area contributed by atoms with Crippen LogP contribution in [-0.2, 0) is 0 Å². The van der Waals surface area contributed by atoms with E-state index in [2.05, 4.69) is 20.4 Å². The number of H-pyrrole nitrogens is 1. The highest BCUT2D eigenvalue weighted by Gasteiger charge is 2.17. The molecule has 0 fully saturated rings. The number of nitrogens with zero attached hydrogens (tertiary/aromatic N) is 3. The summed E-state index contributed by atoms with van der Waals surface area (Å²) in [6.07, 6.45) is 0. The number of aromatic amines is 1. The molecule has 25 heavy (non-hydrogen) atoms. The zero-order valence-electron chi connectivity index (χ0n) is 13.4. The third kappa shape index (κ3) is 2.30. The molecule has 8 nitrogen and oxygen atoms in total. The molecule has 2 aromatic heterocycles. The summed E-state index contributed by atoms with van der Waals surface area (Å²) in [6.45, 7) is 1.10. The van der Waals surface area contributed by atoms with Crippen molar-refractivity contribution in [3.05, 3.63) is 36.4 Å². The third-order valence-electron chi connectivity index (χ3n) is 4.06. The molecular weight excluding hydrogens is 322 g/mol. The molecule has 0 bridgehead atoms. The average Bonchev–Trinajstić information content (AvgIpc) is 3.17. The second-order valence-corrected chi connectivity index (χ2v) is 5.66. The number of fused-ring (bicyclic) bond motifs is 4. The first-order chi connectivity index (χ1) is 12.3. The van der Waals surface area contributed by atoms with E-state index in [0.29, 0.717) is 30.7 Å². The molecule has 2 N–H and O–H groups in total. The minimum absolute atomic E-state index is 0.548. The second-order valence-electron chi connectivity index (χ2n) is 5.66. The van der Waals surface area contributed by atoms with Gasteiger partial charge < -0.3 is 19.5 Å². The highest BCUT2D eigenvalue weighted by Crippen LogP contribution is 2.34. The van der Waals surface area contributed by atoms with Crippen LogP contribution in [0.2, 0.25) is 0 Å². The third-order valence-corrected chi connectivity index (χ3v) is 4.06. The molecule has 0 unspecified atom stereocenters. The van der Waals surface area contributed by atoms with E-state index in [0.717, 1.165) is 28.2 Å². The molecule has 4 aromatic rings. The van der Waals surface area contributed by atoms with Crippen LogP contribution in [0.15, 0.2) is 36.4 Å². The van der Waals surface area contributed by atoms with Crippen molar-refractivity contribution in [1.82, 2.24) is 19.6 Å². The van der Waals surface area contributed by atoms with Gasteiger partial charge in [0.05, 0.1) is 18.1 Å². The van der Waals surface area contributed by atoms with Crippen molar-refractivity contribution in [3.63, 3.8) is 0 Å². The number of hydrogen-bond acceptors (Lipinski definition) is 6. The molecule has 0 aliphatic carbocycles. The molecule has 0 saturated carbocycles. The maximum atomic E-state index is 5.65. The van der Waals surface area contributed by atoms with Gasteiger partial charge in [0.2, 0.25) is 5.95 Å². The highest BCUT2D eigenvalue weighted by atomic mass is 16.6. The number of methoxy groups -OCH3 is 1. The summed E-state index contributed by atoms with van der Waals surface area (Å²) in [5.41, 5.74) is 2.55. The SMILES string of the molecule is COc1cccc(Nc2nc3nc4cc5c(cc4n3[nH]2)OCCO5)c1. The maximum Gasteiger partial charge on any atom is 0.253 e. The number of hydrogen-bond donors (Lipinski definition) is 2. The minimum Gasteiger partial charge on any atom is -0.497 e. The predicted octanol–water partition coefficient (Wildman–Crippen LogP) is 2.73. The fourth-order valence-corrected chi connectivity index (χ4v) is 2.91. The molecule has 8 heteroatoms. The monoisotopic (exact) mass is 337 g/mol. The van der Waals surface area contributed by atoms with Crippen LogP contribution >= 0.6 is 0 Å². The lowest BCUT2D eigenvalue weighted by Gasteiger charge is -2.17. The van der Waals surface area contributed by atoms with Crippen LogP contribution in [-0.4, -0.2) is 39.9 Å². The van der Waals surface area contributed by atoms with Crippen molar-refractivity contribution in [1.29, 1.82) is 0 Å². The van der Waals surface area contributed by atoms with Crippen molar-refractivity contribution >= 4 is 28.4 Å². The van der Waals surface area contributed by atoms with Crippen molar-refractivity contribution in [2.24, 2.45) is 0 Å². The Labute approximate surface area is 142 Å². The summed E-state index contributed by atoms with van der Waals surface area (Å²) < 4.78 is 18.3. The summed E-state index contributed by atoms with van der Waals surface area (Å²) in [7, 11) is 1.64. The Hall–Kier alpha value is -3.42. The van der Waals surface area contributed by atoms with Gasteiger partial charge in [0.15, 0.2) is 11.5 Å². The summed E-state index contributed by atoms with van der Waals surface area (Å²) in [6, 6.07) is 11.4. The Bertz CT molecular complexity index is 1080. The molecule has 1 aliphatic heterocycles. The molecule has 0 atom stereocenters. The zero-order chi connectivity index (χ0) is 16.8. The minimum atomic E-state index is 0.548. The number of rotatable bonds is 3. The van der Waals surface area contributed by atoms with Gasteiger partial charge in [-0.1, -0.05) is 6.07 Å². The first-order valence-electron chi connectivity index (χ1n) is 7.89. The first-order valence-corrected chi connectivity index (χ1v) is 7.89. The second kappa shape index (κ2) is 5.30. The molecule has 5 rings (SSSR count). The summed E-state index contributed by atoms with van der Waals surface area (Å²) in [5.74, 6) is 3.37. The van der Waals surface area contributed by atoms with Gasteiger partial charge in [0.1, 0.15) is 19.0 Å². The number of nitrogens with one attached hydrogen (secondary N) is 2. The van der Waals surface area contributed by atoms with E-state index < -0.39 is 0 Å². The Morgan fingerprint density at radius 3 is 2.80 bits per heavy atom. The van der Waals surface area contributed by atoms with Crippen LogP contribution < -0.4 is 19.5 Å². The average molecular weight is 337 g/mol. The van der Waals surface area contributed by atoms with Crippen LogP contribution in [0.25, 0.3) is 16.8 Å². The van der Waals surface area contributed by atoms with E-state index >= 15 is 0 Å². The van der Waals surface area contributed by atoms with Crippen LogP contribution in [0, 0.1) is 0 Å².